The van der Waals surface area contributed by atoms with Crippen LogP contribution in [0.15, 0.2) is 18.2 Å². The molecule has 1 aromatic carbocycles. The Labute approximate surface area is 120 Å². The number of hydrogen-bond acceptors (Lipinski definition) is 3. The van der Waals surface area contributed by atoms with Crippen LogP contribution in [0.1, 0.15) is 34.3 Å². The zero-order valence-electron chi connectivity index (χ0n) is 12.4. The Hall–Kier alpha value is -1.68. The molecule has 0 atom stereocenters. The van der Waals surface area contributed by atoms with Gasteiger partial charge in [0, 0.05) is 11.6 Å². The number of Topliss-reactive ketones (excluding diaryl/α,β-unsaturated/α-hetero) is 1. The number of carbonyl (C=O) groups is 2. The Kier molecular flexibility index (Phi) is 4.55. The minimum atomic E-state index is 0.00267. The summed E-state index contributed by atoms with van der Waals surface area (Å²) in [6.07, 6.45) is 2.16. The van der Waals surface area contributed by atoms with Crippen LogP contribution in [0.3, 0.4) is 0 Å². The summed E-state index contributed by atoms with van der Waals surface area (Å²) in [6, 6.07) is 6.09. The van der Waals surface area contributed by atoms with E-state index in [0.29, 0.717) is 11.6 Å². The standard InChI is InChI=1S/C16H22N2O2/c1-11-4-5-13(8-12(11)2)15(19)9-18(3)10-16(20)17-14-6-7-14/h4-5,8,14H,6-7,9-10H2,1-3H3,(H,17,20). The number of rotatable bonds is 6. The first-order chi connectivity index (χ1) is 9.45. The molecule has 0 unspecified atom stereocenters. The van der Waals surface area contributed by atoms with Gasteiger partial charge in [0.15, 0.2) is 5.78 Å². The van der Waals surface area contributed by atoms with Gasteiger partial charge in [-0.3, -0.25) is 14.5 Å². The third kappa shape index (κ3) is 4.17. The lowest BCUT2D eigenvalue weighted by Crippen LogP contribution is -2.38. The second-order valence-electron chi connectivity index (χ2n) is 5.74. The first-order valence-electron chi connectivity index (χ1n) is 7.04. The van der Waals surface area contributed by atoms with Crippen LogP contribution in [-0.2, 0) is 4.79 Å². The topological polar surface area (TPSA) is 49.4 Å². The van der Waals surface area contributed by atoms with Gasteiger partial charge >= 0.3 is 0 Å². The summed E-state index contributed by atoms with van der Waals surface area (Å²) >= 11 is 0. The predicted molar refractivity (Wildman–Crippen MR) is 78.9 cm³/mol. The summed E-state index contributed by atoms with van der Waals surface area (Å²) in [5.74, 6) is 0.0534. The predicted octanol–water partition coefficient (Wildman–Crippen LogP) is 1.70. The van der Waals surface area contributed by atoms with E-state index in [4.69, 9.17) is 0 Å². The van der Waals surface area contributed by atoms with Gasteiger partial charge in [-0.25, -0.2) is 0 Å². The summed E-state index contributed by atoms with van der Waals surface area (Å²) in [6.45, 7) is 4.56. The van der Waals surface area contributed by atoms with Crippen molar-refractivity contribution in [1.82, 2.24) is 10.2 Å². The zero-order valence-corrected chi connectivity index (χ0v) is 12.4. The van der Waals surface area contributed by atoms with Crippen molar-refractivity contribution >= 4 is 11.7 Å². The summed E-state index contributed by atoms with van der Waals surface area (Å²) in [5.41, 5.74) is 3.01. The minimum absolute atomic E-state index is 0.00267. The van der Waals surface area contributed by atoms with Crippen LogP contribution in [0.25, 0.3) is 0 Å². The highest BCUT2D eigenvalue weighted by Gasteiger charge is 2.23. The molecule has 0 heterocycles. The average Bonchev–Trinajstić information content (AvgIpc) is 3.15. The number of hydrogen-bond donors (Lipinski definition) is 1. The molecule has 108 valence electrons. The minimum Gasteiger partial charge on any atom is -0.352 e. The highest BCUT2D eigenvalue weighted by atomic mass is 16.2. The summed E-state index contributed by atoms with van der Waals surface area (Å²) in [4.78, 5) is 25.6. The van der Waals surface area contributed by atoms with Gasteiger partial charge < -0.3 is 5.32 Å². The van der Waals surface area contributed by atoms with Crippen LogP contribution in [0.2, 0.25) is 0 Å². The van der Waals surface area contributed by atoms with E-state index in [2.05, 4.69) is 5.32 Å². The molecule has 1 aliphatic carbocycles. The van der Waals surface area contributed by atoms with Crippen molar-refractivity contribution in [3.63, 3.8) is 0 Å². The fourth-order valence-electron chi connectivity index (χ4n) is 2.05. The van der Waals surface area contributed by atoms with Crippen molar-refractivity contribution in [1.29, 1.82) is 0 Å². The molecule has 1 aliphatic rings. The lowest BCUT2D eigenvalue weighted by Gasteiger charge is -2.15. The summed E-state index contributed by atoms with van der Waals surface area (Å²) in [5, 5.41) is 2.92. The third-order valence-electron chi connectivity index (χ3n) is 3.60. The van der Waals surface area contributed by atoms with E-state index < -0.39 is 0 Å². The molecule has 20 heavy (non-hydrogen) atoms. The highest BCUT2D eigenvalue weighted by molar-refractivity contribution is 5.98. The van der Waals surface area contributed by atoms with Crippen LogP contribution < -0.4 is 5.32 Å². The molecule has 0 saturated heterocycles. The quantitative estimate of drug-likeness (QED) is 0.803. The molecule has 1 N–H and O–H groups in total. The van der Waals surface area contributed by atoms with Crippen LogP contribution in [-0.4, -0.2) is 42.8 Å². The molecule has 0 aromatic heterocycles. The lowest BCUT2D eigenvalue weighted by atomic mass is 10.0. The number of amides is 1. The fourth-order valence-corrected chi connectivity index (χ4v) is 2.05. The first kappa shape index (κ1) is 14.7. The van der Waals surface area contributed by atoms with Gasteiger partial charge in [-0.15, -0.1) is 0 Å². The normalized spacial score (nSPS) is 14.4. The number of ketones is 1. The Bertz CT molecular complexity index is 521. The summed E-state index contributed by atoms with van der Waals surface area (Å²) < 4.78 is 0. The van der Waals surface area contributed by atoms with Gasteiger partial charge in [0.05, 0.1) is 13.1 Å². The smallest absolute Gasteiger partial charge is 0.234 e. The van der Waals surface area contributed by atoms with Crippen LogP contribution in [0, 0.1) is 13.8 Å². The van der Waals surface area contributed by atoms with Crippen molar-refractivity contribution in [2.24, 2.45) is 0 Å². The second-order valence-corrected chi connectivity index (χ2v) is 5.74. The molecule has 1 aromatic rings. The van der Waals surface area contributed by atoms with Gasteiger partial charge in [0.25, 0.3) is 0 Å². The maximum Gasteiger partial charge on any atom is 0.234 e. The van der Waals surface area contributed by atoms with E-state index in [1.54, 1.807) is 11.9 Å². The summed E-state index contributed by atoms with van der Waals surface area (Å²) in [7, 11) is 1.80. The van der Waals surface area contributed by atoms with Gasteiger partial charge in [0.2, 0.25) is 5.91 Å². The lowest BCUT2D eigenvalue weighted by molar-refractivity contribution is -0.121. The average molecular weight is 274 g/mol. The molecule has 0 aliphatic heterocycles. The Morgan fingerprint density at radius 3 is 2.50 bits per heavy atom. The number of likely N-dealkylation sites (N-methyl/N-ethyl adjacent to an activating group) is 1. The number of nitrogens with zero attached hydrogens (tertiary/aromatic N) is 1. The van der Waals surface area contributed by atoms with Gasteiger partial charge in [0.1, 0.15) is 0 Å². The molecule has 4 nitrogen and oxygen atoms in total. The van der Waals surface area contributed by atoms with Crippen molar-refractivity contribution in [2.45, 2.75) is 32.7 Å². The Balaban J connectivity index is 1.85. The SMILES string of the molecule is Cc1ccc(C(=O)CN(C)CC(=O)NC2CC2)cc1C. The van der Waals surface area contributed by atoms with E-state index >= 15 is 0 Å². The van der Waals surface area contributed by atoms with Gasteiger partial charge in [-0.2, -0.15) is 0 Å². The maximum absolute atomic E-state index is 12.2. The second kappa shape index (κ2) is 6.18. The number of nitrogens with one attached hydrogen (secondary N) is 1. The van der Waals surface area contributed by atoms with Crippen LogP contribution in [0.4, 0.5) is 0 Å². The molecule has 0 spiro atoms. The fraction of sp³-hybridized carbons (Fsp3) is 0.500. The number of aryl methyl sites for hydroxylation is 2. The van der Waals surface area contributed by atoms with E-state index in [1.165, 1.54) is 5.56 Å². The molecule has 1 amide bonds. The number of carbonyl (C=O) groups excluding carboxylic acids is 2. The number of benzene rings is 1. The molecular weight excluding hydrogens is 252 g/mol. The first-order valence-corrected chi connectivity index (χ1v) is 7.04. The van der Waals surface area contributed by atoms with E-state index in [1.807, 2.05) is 32.0 Å². The van der Waals surface area contributed by atoms with E-state index in [0.717, 1.165) is 18.4 Å². The highest BCUT2D eigenvalue weighted by Crippen LogP contribution is 2.18. The van der Waals surface area contributed by atoms with E-state index in [-0.39, 0.29) is 24.8 Å². The third-order valence-corrected chi connectivity index (χ3v) is 3.60. The largest absolute Gasteiger partial charge is 0.352 e. The van der Waals surface area contributed by atoms with Crippen molar-refractivity contribution in [3.8, 4) is 0 Å². The van der Waals surface area contributed by atoms with Gasteiger partial charge in [-0.05, 0) is 50.9 Å². The van der Waals surface area contributed by atoms with Crippen molar-refractivity contribution in [3.05, 3.63) is 34.9 Å². The Morgan fingerprint density at radius 1 is 1.20 bits per heavy atom. The molecule has 1 saturated carbocycles. The van der Waals surface area contributed by atoms with Gasteiger partial charge in [-0.1, -0.05) is 12.1 Å². The maximum atomic E-state index is 12.2. The molecular formula is C16H22N2O2. The monoisotopic (exact) mass is 274 g/mol. The van der Waals surface area contributed by atoms with Crippen molar-refractivity contribution < 1.29 is 9.59 Å². The molecule has 1 fully saturated rings. The van der Waals surface area contributed by atoms with E-state index in [9.17, 15) is 9.59 Å². The molecule has 4 heteroatoms. The molecule has 2 rings (SSSR count). The molecule has 0 bridgehead atoms. The Morgan fingerprint density at radius 2 is 1.90 bits per heavy atom. The zero-order chi connectivity index (χ0) is 14.7. The molecule has 0 radical (unpaired) electrons. The van der Waals surface area contributed by atoms with Crippen molar-refractivity contribution in [2.75, 3.05) is 20.1 Å². The van der Waals surface area contributed by atoms with Crippen LogP contribution in [0.5, 0.6) is 0 Å². The van der Waals surface area contributed by atoms with Crippen LogP contribution >= 0.6 is 0 Å².